The molecule has 134 valence electrons. The number of carbonyl (C=O) groups excluding carboxylic acids is 1. The minimum atomic E-state index is -3.49. The van der Waals surface area contributed by atoms with Crippen molar-refractivity contribution in [3.63, 3.8) is 0 Å². The van der Waals surface area contributed by atoms with Crippen molar-refractivity contribution in [3.8, 4) is 0 Å². The lowest BCUT2D eigenvalue weighted by Crippen LogP contribution is -2.45. The summed E-state index contributed by atoms with van der Waals surface area (Å²) in [7, 11) is -3.49. The van der Waals surface area contributed by atoms with Crippen molar-refractivity contribution in [3.05, 3.63) is 29.8 Å². The van der Waals surface area contributed by atoms with Crippen LogP contribution in [0.25, 0.3) is 0 Å². The highest BCUT2D eigenvalue weighted by Gasteiger charge is 2.30. The van der Waals surface area contributed by atoms with Crippen molar-refractivity contribution in [1.29, 1.82) is 0 Å². The first kappa shape index (κ1) is 19.2. The number of piperidine rings is 1. The molecule has 2 aliphatic rings. The highest BCUT2D eigenvalue weighted by molar-refractivity contribution is 7.89. The number of amides is 1. The number of rotatable bonds is 6. The fourth-order valence-corrected chi connectivity index (χ4v) is 4.37. The van der Waals surface area contributed by atoms with Gasteiger partial charge in [-0.05, 0) is 62.4 Å². The molecule has 1 saturated carbocycles. The van der Waals surface area contributed by atoms with E-state index in [0.717, 1.165) is 25.3 Å². The normalized spacial score (nSPS) is 19.7. The maximum absolute atomic E-state index is 12.6. The van der Waals surface area contributed by atoms with Gasteiger partial charge in [-0.25, -0.2) is 8.42 Å². The van der Waals surface area contributed by atoms with Gasteiger partial charge in [0.05, 0.1) is 4.90 Å². The smallest absolute Gasteiger partial charge is 0.248 e. The Hall–Kier alpha value is -1.15. The van der Waals surface area contributed by atoms with Gasteiger partial charge in [-0.3, -0.25) is 4.79 Å². The molecule has 1 aromatic carbocycles. The van der Waals surface area contributed by atoms with Gasteiger partial charge < -0.3 is 11.1 Å². The van der Waals surface area contributed by atoms with Gasteiger partial charge in [0.2, 0.25) is 15.9 Å². The van der Waals surface area contributed by atoms with E-state index in [1.807, 2.05) is 0 Å². The van der Waals surface area contributed by atoms with E-state index < -0.39 is 15.9 Å². The summed E-state index contributed by atoms with van der Waals surface area (Å²) in [6.45, 7) is 2.12. The molecule has 1 aromatic rings. The molecule has 1 amide bonds. The van der Waals surface area contributed by atoms with Gasteiger partial charge in [0, 0.05) is 24.7 Å². The Morgan fingerprint density at radius 2 is 1.71 bits per heavy atom. The number of nitrogens with zero attached hydrogens (tertiary/aromatic N) is 1. The summed E-state index contributed by atoms with van der Waals surface area (Å²) in [5.41, 5.74) is 5.49. The maximum atomic E-state index is 12.6. The second-order valence-electron chi connectivity index (χ2n) is 6.42. The molecule has 3 rings (SSSR count). The fourth-order valence-electron chi connectivity index (χ4n) is 2.90. The lowest BCUT2D eigenvalue weighted by atomic mass is 10.1. The number of carbonyl (C=O) groups is 1. The van der Waals surface area contributed by atoms with Crippen LogP contribution in [0.3, 0.4) is 0 Å². The van der Waals surface area contributed by atoms with Crippen molar-refractivity contribution in [1.82, 2.24) is 9.62 Å². The summed E-state index contributed by atoms with van der Waals surface area (Å²) >= 11 is 0. The van der Waals surface area contributed by atoms with Crippen molar-refractivity contribution < 1.29 is 13.2 Å². The van der Waals surface area contributed by atoms with Gasteiger partial charge >= 0.3 is 0 Å². The molecule has 0 atom stereocenters. The van der Waals surface area contributed by atoms with Crippen LogP contribution in [0.4, 0.5) is 0 Å². The molecule has 3 N–H and O–H groups in total. The largest absolute Gasteiger partial charge is 0.366 e. The molecule has 0 radical (unpaired) electrons. The monoisotopic (exact) mass is 373 g/mol. The van der Waals surface area contributed by atoms with Crippen molar-refractivity contribution in [2.75, 3.05) is 19.6 Å². The van der Waals surface area contributed by atoms with Crippen LogP contribution < -0.4 is 11.1 Å². The lowest BCUT2D eigenvalue weighted by molar-refractivity contribution is 0.1000. The van der Waals surface area contributed by atoms with Gasteiger partial charge in [0.15, 0.2) is 0 Å². The van der Waals surface area contributed by atoms with E-state index in [1.165, 1.54) is 41.4 Å². The summed E-state index contributed by atoms with van der Waals surface area (Å²) in [5, 5.41) is 3.54. The highest BCUT2D eigenvalue weighted by atomic mass is 35.5. The van der Waals surface area contributed by atoms with E-state index in [2.05, 4.69) is 5.32 Å². The second kappa shape index (κ2) is 7.82. The van der Waals surface area contributed by atoms with Crippen LogP contribution in [0.5, 0.6) is 0 Å². The zero-order chi connectivity index (χ0) is 16.4. The standard InChI is InChI=1S/C16H23N3O3S.ClH/c17-16(20)13-3-5-15(6-4-13)23(21,22)19-9-7-14(8-10-19)18-11-12-1-2-12;/h3-6,12,14,18H,1-2,7-11H2,(H2,17,20);1H. The molecule has 1 aliphatic carbocycles. The Bertz CT molecular complexity index is 666. The number of hydrogen-bond donors (Lipinski definition) is 2. The third kappa shape index (κ3) is 4.47. The first-order chi connectivity index (χ1) is 11.0. The minimum absolute atomic E-state index is 0. The van der Waals surface area contributed by atoms with Gasteiger partial charge in [-0.1, -0.05) is 0 Å². The van der Waals surface area contributed by atoms with Crippen molar-refractivity contribution in [2.45, 2.75) is 36.6 Å². The molecule has 8 heteroatoms. The molecule has 0 bridgehead atoms. The predicted molar refractivity (Wildman–Crippen MR) is 94.7 cm³/mol. The molecule has 0 spiro atoms. The highest BCUT2D eigenvalue weighted by Crippen LogP contribution is 2.28. The molecule has 1 saturated heterocycles. The van der Waals surface area contributed by atoms with Crippen LogP contribution in [-0.4, -0.2) is 44.3 Å². The summed E-state index contributed by atoms with van der Waals surface area (Å²) in [6, 6.07) is 6.23. The third-order valence-corrected chi connectivity index (χ3v) is 6.54. The Morgan fingerprint density at radius 3 is 2.21 bits per heavy atom. The van der Waals surface area contributed by atoms with Gasteiger partial charge in [0.1, 0.15) is 0 Å². The maximum Gasteiger partial charge on any atom is 0.248 e. The molecule has 1 heterocycles. The Kier molecular flexibility index (Phi) is 6.25. The number of nitrogens with two attached hydrogens (primary N) is 1. The zero-order valence-corrected chi connectivity index (χ0v) is 15.1. The van der Waals surface area contributed by atoms with Crippen molar-refractivity contribution >= 4 is 28.3 Å². The molecule has 24 heavy (non-hydrogen) atoms. The van der Waals surface area contributed by atoms with Crippen LogP contribution in [0.2, 0.25) is 0 Å². The van der Waals surface area contributed by atoms with E-state index in [-0.39, 0.29) is 17.3 Å². The number of benzene rings is 1. The van der Waals surface area contributed by atoms with Crippen molar-refractivity contribution in [2.24, 2.45) is 11.7 Å². The number of nitrogens with one attached hydrogen (secondary N) is 1. The Labute approximate surface area is 149 Å². The number of hydrogen-bond acceptors (Lipinski definition) is 4. The Balaban J connectivity index is 0.00000208. The SMILES string of the molecule is Cl.NC(=O)c1ccc(S(=O)(=O)N2CCC(NCC3CC3)CC2)cc1. The summed E-state index contributed by atoms with van der Waals surface area (Å²) < 4.78 is 26.8. The van der Waals surface area contributed by atoms with Crippen LogP contribution >= 0.6 is 12.4 Å². The van der Waals surface area contributed by atoms with E-state index in [9.17, 15) is 13.2 Å². The Morgan fingerprint density at radius 1 is 1.12 bits per heavy atom. The average molecular weight is 374 g/mol. The van der Waals surface area contributed by atoms with E-state index in [1.54, 1.807) is 0 Å². The van der Waals surface area contributed by atoms with Gasteiger partial charge in [0.25, 0.3) is 0 Å². The average Bonchev–Trinajstić information content (AvgIpc) is 3.38. The predicted octanol–water partition coefficient (Wildman–Crippen LogP) is 1.36. The van der Waals surface area contributed by atoms with Crippen LogP contribution in [-0.2, 0) is 10.0 Å². The van der Waals surface area contributed by atoms with E-state index >= 15 is 0 Å². The quantitative estimate of drug-likeness (QED) is 0.787. The van der Waals surface area contributed by atoms with Crippen LogP contribution in [0, 0.1) is 5.92 Å². The number of halogens is 1. The molecule has 2 fully saturated rings. The zero-order valence-electron chi connectivity index (χ0n) is 13.5. The summed E-state index contributed by atoms with van der Waals surface area (Å²) in [6.07, 6.45) is 4.32. The number of sulfonamides is 1. The van der Waals surface area contributed by atoms with Gasteiger partial charge in [-0.15, -0.1) is 12.4 Å². The third-order valence-electron chi connectivity index (χ3n) is 4.62. The molecule has 0 aromatic heterocycles. The van der Waals surface area contributed by atoms with E-state index in [0.29, 0.717) is 24.7 Å². The van der Waals surface area contributed by atoms with Crippen LogP contribution in [0.15, 0.2) is 29.2 Å². The molecule has 6 nitrogen and oxygen atoms in total. The topological polar surface area (TPSA) is 92.5 Å². The van der Waals surface area contributed by atoms with Gasteiger partial charge in [-0.2, -0.15) is 4.31 Å². The molecular weight excluding hydrogens is 350 g/mol. The molecule has 1 aliphatic heterocycles. The first-order valence-corrected chi connectivity index (χ1v) is 9.54. The second-order valence-corrected chi connectivity index (χ2v) is 8.36. The fraction of sp³-hybridized carbons (Fsp3) is 0.562. The first-order valence-electron chi connectivity index (χ1n) is 8.10. The summed E-state index contributed by atoms with van der Waals surface area (Å²) in [4.78, 5) is 11.3. The van der Waals surface area contributed by atoms with Crippen LogP contribution in [0.1, 0.15) is 36.0 Å². The van der Waals surface area contributed by atoms with E-state index in [4.69, 9.17) is 5.73 Å². The molecule has 0 unspecified atom stereocenters. The lowest BCUT2D eigenvalue weighted by Gasteiger charge is -2.31. The summed E-state index contributed by atoms with van der Waals surface area (Å²) in [5.74, 6) is 0.275. The number of primary amides is 1. The molecular formula is C16H24ClN3O3S. The minimum Gasteiger partial charge on any atom is -0.366 e.